The van der Waals surface area contributed by atoms with Gasteiger partial charge in [-0.05, 0) is 56.8 Å². The fourth-order valence-electron chi connectivity index (χ4n) is 1.39. The van der Waals surface area contributed by atoms with Crippen LogP contribution in [0.3, 0.4) is 0 Å². The molecule has 0 radical (unpaired) electrons. The second-order valence-corrected chi connectivity index (χ2v) is 5.18. The Morgan fingerprint density at radius 2 is 2.11 bits per heavy atom. The lowest BCUT2D eigenvalue weighted by molar-refractivity contribution is -0.192. The third kappa shape index (κ3) is 4.54. The summed E-state index contributed by atoms with van der Waals surface area (Å²) in [5.74, 6) is -3.49. The Kier molecular flexibility index (Phi) is 6.36. The van der Waals surface area contributed by atoms with Gasteiger partial charge in [0.1, 0.15) is 4.60 Å². The van der Waals surface area contributed by atoms with Gasteiger partial charge < -0.3 is 4.74 Å². The maximum atomic E-state index is 12.0. The van der Waals surface area contributed by atoms with Crippen molar-refractivity contribution >= 4 is 43.8 Å². The number of hydrogen-bond acceptors (Lipinski definition) is 5. The molecule has 0 fully saturated rings. The topological polar surface area (TPSA) is 65.5 Å². The molecule has 1 rings (SSSR count). The van der Waals surface area contributed by atoms with Crippen molar-refractivity contribution in [3.63, 3.8) is 0 Å². The number of aromatic nitrogens is 1. The molecule has 0 aliphatic rings. The van der Waals surface area contributed by atoms with Gasteiger partial charge in [-0.15, -0.1) is 0 Å². The standard InChI is InChI=1S/C11H10Br2FNO4/c1-2-18-10(16)8(11(17)19-14)4-6-3-7(12)5-15-9(6)13/h3,5,8H,2,4H2,1H3. The Hall–Kier alpha value is -1.02. The van der Waals surface area contributed by atoms with Gasteiger partial charge in [0, 0.05) is 15.2 Å². The molecular formula is C11H10Br2FNO4. The van der Waals surface area contributed by atoms with Crippen LogP contribution in [0.15, 0.2) is 21.3 Å². The van der Waals surface area contributed by atoms with Crippen molar-refractivity contribution in [1.29, 1.82) is 0 Å². The van der Waals surface area contributed by atoms with Crippen molar-refractivity contribution in [2.24, 2.45) is 5.92 Å². The van der Waals surface area contributed by atoms with Crippen LogP contribution in [0, 0.1) is 5.92 Å². The first kappa shape index (κ1) is 16.0. The minimum Gasteiger partial charge on any atom is -0.465 e. The summed E-state index contributed by atoms with van der Waals surface area (Å²) in [6.07, 6.45) is 1.47. The van der Waals surface area contributed by atoms with E-state index in [1.807, 2.05) is 0 Å². The summed E-state index contributed by atoms with van der Waals surface area (Å²) >= 11 is 6.41. The van der Waals surface area contributed by atoms with E-state index in [4.69, 9.17) is 4.74 Å². The van der Waals surface area contributed by atoms with E-state index in [2.05, 4.69) is 41.8 Å². The van der Waals surface area contributed by atoms with Gasteiger partial charge in [-0.3, -0.25) is 9.74 Å². The molecule has 0 spiro atoms. The Morgan fingerprint density at radius 3 is 2.68 bits per heavy atom. The monoisotopic (exact) mass is 397 g/mol. The summed E-state index contributed by atoms with van der Waals surface area (Å²) in [6, 6.07) is 1.66. The molecule has 0 aliphatic heterocycles. The molecule has 5 nitrogen and oxygen atoms in total. The molecule has 19 heavy (non-hydrogen) atoms. The Labute approximate surface area is 125 Å². The number of hydrogen-bond donors (Lipinski definition) is 0. The second-order valence-electron chi connectivity index (χ2n) is 3.51. The first-order valence-electron chi connectivity index (χ1n) is 5.28. The first-order valence-corrected chi connectivity index (χ1v) is 6.87. The molecule has 1 heterocycles. The minimum atomic E-state index is -1.36. The lowest BCUT2D eigenvalue weighted by Crippen LogP contribution is -2.28. The number of halogens is 3. The highest BCUT2D eigenvalue weighted by molar-refractivity contribution is 9.11. The molecule has 104 valence electrons. The predicted molar refractivity (Wildman–Crippen MR) is 70.7 cm³/mol. The largest absolute Gasteiger partial charge is 0.465 e. The van der Waals surface area contributed by atoms with E-state index >= 15 is 0 Å². The number of nitrogens with zero attached hydrogens (tertiary/aromatic N) is 1. The zero-order valence-electron chi connectivity index (χ0n) is 9.86. The van der Waals surface area contributed by atoms with Crippen LogP contribution in [0.5, 0.6) is 0 Å². The smallest absolute Gasteiger partial charge is 0.363 e. The molecular weight excluding hydrogens is 389 g/mol. The molecule has 0 bridgehead atoms. The quantitative estimate of drug-likeness (QED) is 0.433. The van der Waals surface area contributed by atoms with E-state index in [1.165, 1.54) is 0 Å². The molecule has 0 amide bonds. The number of pyridine rings is 1. The summed E-state index contributed by atoms with van der Waals surface area (Å²) in [4.78, 5) is 30.0. The SMILES string of the molecule is CCOC(=O)C(Cc1cc(Br)cnc1Br)C(=O)OF. The fraction of sp³-hybridized carbons (Fsp3) is 0.364. The van der Waals surface area contributed by atoms with Gasteiger partial charge >= 0.3 is 11.9 Å². The fourth-order valence-corrected chi connectivity index (χ4v) is 2.14. The van der Waals surface area contributed by atoms with Crippen LogP contribution in [-0.2, 0) is 25.7 Å². The van der Waals surface area contributed by atoms with Crippen LogP contribution in [0.2, 0.25) is 0 Å². The molecule has 0 saturated carbocycles. The van der Waals surface area contributed by atoms with E-state index in [0.29, 0.717) is 14.6 Å². The number of rotatable bonds is 5. The molecule has 0 aromatic carbocycles. The third-order valence-corrected chi connectivity index (χ3v) is 3.38. The van der Waals surface area contributed by atoms with E-state index < -0.39 is 17.9 Å². The van der Waals surface area contributed by atoms with E-state index in [0.717, 1.165) is 0 Å². The van der Waals surface area contributed by atoms with E-state index in [9.17, 15) is 14.1 Å². The Morgan fingerprint density at radius 1 is 1.42 bits per heavy atom. The van der Waals surface area contributed by atoms with E-state index in [-0.39, 0.29) is 13.0 Å². The van der Waals surface area contributed by atoms with Crippen molar-refractivity contribution in [2.45, 2.75) is 13.3 Å². The average molecular weight is 399 g/mol. The third-order valence-electron chi connectivity index (χ3n) is 2.23. The highest BCUT2D eigenvalue weighted by atomic mass is 79.9. The average Bonchev–Trinajstić information content (AvgIpc) is 2.39. The zero-order chi connectivity index (χ0) is 14.4. The van der Waals surface area contributed by atoms with Crippen molar-refractivity contribution in [2.75, 3.05) is 6.61 Å². The summed E-state index contributed by atoms with van der Waals surface area (Å²) in [7, 11) is 0. The van der Waals surface area contributed by atoms with Crippen molar-refractivity contribution in [3.05, 3.63) is 26.9 Å². The van der Waals surface area contributed by atoms with Crippen LogP contribution >= 0.6 is 31.9 Å². The van der Waals surface area contributed by atoms with Gasteiger partial charge in [0.15, 0.2) is 5.92 Å². The Balaban J connectivity index is 2.97. The van der Waals surface area contributed by atoms with Crippen LogP contribution < -0.4 is 0 Å². The summed E-state index contributed by atoms with van der Waals surface area (Å²) in [5, 5.41) is 0. The number of carbonyl (C=O) groups is 2. The van der Waals surface area contributed by atoms with Gasteiger partial charge in [-0.1, -0.05) is 0 Å². The summed E-state index contributed by atoms with van der Waals surface area (Å²) in [6.45, 7) is 1.68. The molecule has 1 aromatic rings. The Bertz CT molecular complexity index is 484. The lowest BCUT2D eigenvalue weighted by atomic mass is 10.0. The number of esters is 1. The molecule has 8 heteroatoms. The molecule has 0 aliphatic carbocycles. The zero-order valence-corrected chi connectivity index (χ0v) is 13.0. The molecule has 1 atom stereocenters. The van der Waals surface area contributed by atoms with Crippen LogP contribution in [0.1, 0.15) is 12.5 Å². The van der Waals surface area contributed by atoms with Crippen molar-refractivity contribution in [3.8, 4) is 0 Å². The molecule has 1 aromatic heterocycles. The molecule has 0 saturated heterocycles. The van der Waals surface area contributed by atoms with Gasteiger partial charge in [0.05, 0.1) is 6.61 Å². The number of carbonyl (C=O) groups excluding carboxylic acids is 2. The maximum Gasteiger partial charge on any atom is 0.363 e. The highest BCUT2D eigenvalue weighted by Crippen LogP contribution is 2.22. The predicted octanol–water partition coefficient (Wildman–Crippen LogP) is 2.76. The van der Waals surface area contributed by atoms with Crippen molar-refractivity contribution in [1.82, 2.24) is 4.98 Å². The highest BCUT2D eigenvalue weighted by Gasteiger charge is 2.31. The van der Waals surface area contributed by atoms with Gasteiger partial charge in [-0.2, -0.15) is 0 Å². The molecule has 1 unspecified atom stereocenters. The second kappa shape index (κ2) is 7.54. The minimum absolute atomic E-state index is 0.0748. The van der Waals surface area contributed by atoms with Crippen LogP contribution in [0.4, 0.5) is 4.53 Å². The van der Waals surface area contributed by atoms with Crippen LogP contribution in [0.25, 0.3) is 0 Å². The maximum absolute atomic E-state index is 12.0. The van der Waals surface area contributed by atoms with Gasteiger partial charge in [0.2, 0.25) is 0 Å². The normalized spacial score (nSPS) is 11.8. The van der Waals surface area contributed by atoms with E-state index in [1.54, 1.807) is 19.2 Å². The van der Waals surface area contributed by atoms with Crippen LogP contribution in [-0.4, -0.2) is 23.5 Å². The number of ether oxygens (including phenoxy) is 1. The first-order chi connectivity index (χ1) is 8.99. The lowest BCUT2D eigenvalue weighted by Gasteiger charge is -2.12. The van der Waals surface area contributed by atoms with Gasteiger partial charge in [0.25, 0.3) is 0 Å². The summed E-state index contributed by atoms with van der Waals surface area (Å²) < 4.78 is 17.9. The molecule has 0 N–H and O–H groups in total. The summed E-state index contributed by atoms with van der Waals surface area (Å²) in [5.41, 5.74) is 0.554. The van der Waals surface area contributed by atoms with Crippen molar-refractivity contribution < 1.29 is 23.8 Å². The van der Waals surface area contributed by atoms with Gasteiger partial charge in [-0.25, -0.2) is 9.78 Å².